The Labute approximate surface area is 222 Å². The van der Waals surface area contributed by atoms with Crippen molar-refractivity contribution in [1.82, 2.24) is 14.6 Å². The van der Waals surface area contributed by atoms with Gasteiger partial charge in [0.2, 0.25) is 0 Å². The van der Waals surface area contributed by atoms with Crippen molar-refractivity contribution in [1.29, 1.82) is 0 Å². The lowest BCUT2D eigenvalue weighted by atomic mass is 10.0. The zero-order valence-corrected chi connectivity index (χ0v) is 21.6. The second kappa shape index (κ2) is 9.87. The third-order valence-corrected chi connectivity index (χ3v) is 6.84. The molecule has 0 bridgehead atoms. The zero-order chi connectivity index (χ0) is 26.1. The van der Waals surface area contributed by atoms with Crippen molar-refractivity contribution in [3.63, 3.8) is 0 Å². The van der Waals surface area contributed by atoms with Crippen LogP contribution in [0.4, 0.5) is 0 Å². The lowest BCUT2D eigenvalue weighted by Gasteiger charge is -2.08. The first-order valence-electron chi connectivity index (χ1n) is 12.5. The SMILES string of the molecule is COc1ccc(-c2ccc(-c3ccc4nc(C)c(-c5ccc(-c6ccc(OC)cc6)cc5)n4n3)cc2)cc1. The summed E-state index contributed by atoms with van der Waals surface area (Å²) in [5.41, 5.74) is 10.4. The fourth-order valence-corrected chi connectivity index (χ4v) is 4.75. The summed E-state index contributed by atoms with van der Waals surface area (Å²) in [5, 5.41) is 4.99. The molecule has 5 heteroatoms. The topological polar surface area (TPSA) is 48.7 Å². The van der Waals surface area contributed by atoms with E-state index in [1.54, 1.807) is 14.2 Å². The predicted molar refractivity (Wildman–Crippen MR) is 153 cm³/mol. The summed E-state index contributed by atoms with van der Waals surface area (Å²) in [6.07, 6.45) is 0. The van der Waals surface area contributed by atoms with E-state index in [0.717, 1.165) is 67.6 Å². The van der Waals surface area contributed by atoms with Crippen LogP contribution in [-0.4, -0.2) is 28.8 Å². The molecule has 4 aromatic carbocycles. The Morgan fingerprint density at radius 1 is 0.500 bits per heavy atom. The molecule has 186 valence electrons. The molecule has 2 heterocycles. The molecule has 0 N–H and O–H groups in total. The second-order valence-corrected chi connectivity index (χ2v) is 9.15. The quantitative estimate of drug-likeness (QED) is 0.236. The van der Waals surface area contributed by atoms with Gasteiger partial charge in [0.1, 0.15) is 11.5 Å². The van der Waals surface area contributed by atoms with Crippen molar-refractivity contribution in [2.24, 2.45) is 0 Å². The highest BCUT2D eigenvalue weighted by Crippen LogP contribution is 2.30. The minimum atomic E-state index is 0.829. The number of nitrogens with zero attached hydrogens (tertiary/aromatic N) is 3. The first-order valence-corrected chi connectivity index (χ1v) is 12.5. The number of rotatable bonds is 6. The molecule has 0 unspecified atom stereocenters. The van der Waals surface area contributed by atoms with E-state index in [9.17, 15) is 0 Å². The van der Waals surface area contributed by atoms with Crippen LogP contribution in [0.5, 0.6) is 11.5 Å². The number of hydrogen-bond acceptors (Lipinski definition) is 4. The number of methoxy groups -OCH3 is 2. The molecule has 0 atom stereocenters. The maximum absolute atomic E-state index is 5.28. The highest BCUT2D eigenvalue weighted by molar-refractivity contribution is 5.73. The lowest BCUT2D eigenvalue weighted by Crippen LogP contribution is -1.97. The molecular formula is C33H27N3O2. The van der Waals surface area contributed by atoms with Gasteiger partial charge in [-0.2, -0.15) is 5.10 Å². The van der Waals surface area contributed by atoms with Crippen molar-refractivity contribution in [2.75, 3.05) is 14.2 Å². The van der Waals surface area contributed by atoms with Crippen LogP contribution < -0.4 is 9.47 Å². The fraction of sp³-hybridized carbons (Fsp3) is 0.0909. The molecule has 38 heavy (non-hydrogen) atoms. The first-order chi connectivity index (χ1) is 18.6. The van der Waals surface area contributed by atoms with E-state index in [1.807, 2.05) is 47.8 Å². The van der Waals surface area contributed by atoms with Crippen LogP contribution in [0.2, 0.25) is 0 Å². The molecule has 6 rings (SSSR count). The summed E-state index contributed by atoms with van der Waals surface area (Å²) < 4.78 is 12.5. The van der Waals surface area contributed by atoms with Crippen molar-refractivity contribution in [2.45, 2.75) is 6.92 Å². The second-order valence-electron chi connectivity index (χ2n) is 9.15. The molecule has 0 aliphatic rings. The van der Waals surface area contributed by atoms with E-state index in [-0.39, 0.29) is 0 Å². The predicted octanol–water partition coefficient (Wildman–Crippen LogP) is 7.72. The highest BCUT2D eigenvalue weighted by atomic mass is 16.5. The molecule has 0 fully saturated rings. The molecular weight excluding hydrogens is 470 g/mol. The summed E-state index contributed by atoms with van der Waals surface area (Å²) >= 11 is 0. The normalized spacial score (nSPS) is 11.0. The summed E-state index contributed by atoms with van der Waals surface area (Å²) in [6, 6.07) is 37.3. The lowest BCUT2D eigenvalue weighted by molar-refractivity contribution is 0.415. The van der Waals surface area contributed by atoms with Crippen LogP contribution in [0.3, 0.4) is 0 Å². The summed E-state index contributed by atoms with van der Waals surface area (Å²) in [4.78, 5) is 4.77. The van der Waals surface area contributed by atoms with Crippen LogP contribution in [-0.2, 0) is 0 Å². The van der Waals surface area contributed by atoms with Gasteiger partial charge < -0.3 is 9.47 Å². The van der Waals surface area contributed by atoms with E-state index in [2.05, 4.69) is 72.8 Å². The molecule has 0 amide bonds. The van der Waals surface area contributed by atoms with Gasteiger partial charge in [0, 0.05) is 11.1 Å². The number of fused-ring (bicyclic) bond motifs is 1. The third-order valence-electron chi connectivity index (χ3n) is 6.84. The third kappa shape index (κ3) is 4.39. The van der Waals surface area contributed by atoms with E-state index < -0.39 is 0 Å². The van der Waals surface area contributed by atoms with Crippen molar-refractivity contribution in [3.8, 4) is 56.3 Å². The Morgan fingerprint density at radius 3 is 1.39 bits per heavy atom. The van der Waals surface area contributed by atoms with Gasteiger partial charge in [-0.05, 0) is 65.6 Å². The molecule has 0 spiro atoms. The molecule has 2 aromatic heterocycles. The highest BCUT2D eigenvalue weighted by Gasteiger charge is 2.14. The minimum Gasteiger partial charge on any atom is -0.497 e. The average Bonchev–Trinajstić information content (AvgIpc) is 3.32. The number of hydrogen-bond donors (Lipinski definition) is 0. The van der Waals surface area contributed by atoms with Gasteiger partial charge in [0.25, 0.3) is 0 Å². The van der Waals surface area contributed by atoms with E-state index in [4.69, 9.17) is 19.6 Å². The molecule has 0 aliphatic carbocycles. The van der Waals surface area contributed by atoms with Crippen molar-refractivity contribution >= 4 is 5.65 Å². The molecule has 0 aliphatic heterocycles. The van der Waals surface area contributed by atoms with Gasteiger partial charge in [0.05, 0.1) is 31.3 Å². The molecule has 0 saturated carbocycles. The molecule has 0 saturated heterocycles. The number of aromatic nitrogens is 3. The Kier molecular flexibility index (Phi) is 6.10. The summed E-state index contributed by atoms with van der Waals surface area (Å²) in [7, 11) is 3.36. The van der Waals surface area contributed by atoms with Gasteiger partial charge in [-0.15, -0.1) is 0 Å². The van der Waals surface area contributed by atoms with Gasteiger partial charge in [-0.25, -0.2) is 9.50 Å². The van der Waals surface area contributed by atoms with Crippen LogP contribution >= 0.6 is 0 Å². The average molecular weight is 498 g/mol. The number of benzene rings is 4. The fourth-order valence-electron chi connectivity index (χ4n) is 4.75. The van der Waals surface area contributed by atoms with Gasteiger partial charge in [-0.1, -0.05) is 72.8 Å². The molecule has 0 radical (unpaired) electrons. The van der Waals surface area contributed by atoms with Gasteiger partial charge in [-0.3, -0.25) is 0 Å². The minimum absolute atomic E-state index is 0.829. The number of ether oxygens (including phenoxy) is 2. The van der Waals surface area contributed by atoms with Crippen LogP contribution in [0.25, 0.3) is 50.4 Å². The molecule has 6 aromatic rings. The Hall–Kier alpha value is -4.90. The molecule has 5 nitrogen and oxygen atoms in total. The maximum Gasteiger partial charge on any atom is 0.154 e. The smallest absolute Gasteiger partial charge is 0.154 e. The number of aryl methyl sites for hydroxylation is 1. The van der Waals surface area contributed by atoms with Gasteiger partial charge >= 0.3 is 0 Å². The largest absolute Gasteiger partial charge is 0.497 e. The van der Waals surface area contributed by atoms with Crippen LogP contribution in [0.1, 0.15) is 5.69 Å². The standard InChI is InChI=1S/C33H27N3O2/c1-22-33(28-10-6-24(7-11-28)26-14-18-30(38-3)19-15-26)36-32(34-22)21-20-31(35-36)27-8-4-23(5-9-27)25-12-16-29(37-2)17-13-25/h4-21H,1-3H3. The maximum atomic E-state index is 5.28. The van der Waals surface area contributed by atoms with E-state index in [0.29, 0.717) is 0 Å². The Balaban J connectivity index is 1.31. The Morgan fingerprint density at radius 2 is 0.921 bits per heavy atom. The summed E-state index contributed by atoms with van der Waals surface area (Å²) in [5.74, 6) is 1.70. The van der Waals surface area contributed by atoms with Crippen LogP contribution in [0, 0.1) is 6.92 Å². The zero-order valence-electron chi connectivity index (χ0n) is 21.6. The van der Waals surface area contributed by atoms with Gasteiger partial charge in [0.15, 0.2) is 5.65 Å². The van der Waals surface area contributed by atoms with Crippen LogP contribution in [0.15, 0.2) is 109 Å². The monoisotopic (exact) mass is 497 g/mol. The summed E-state index contributed by atoms with van der Waals surface area (Å²) in [6.45, 7) is 2.03. The van der Waals surface area contributed by atoms with E-state index in [1.165, 1.54) is 0 Å². The van der Waals surface area contributed by atoms with E-state index >= 15 is 0 Å². The van der Waals surface area contributed by atoms with Crippen molar-refractivity contribution < 1.29 is 9.47 Å². The van der Waals surface area contributed by atoms with Crippen molar-refractivity contribution in [3.05, 3.63) is 115 Å². The Bertz CT molecular complexity index is 1700. The number of imidazole rings is 1. The first kappa shape index (κ1) is 23.5.